The van der Waals surface area contributed by atoms with Crippen LogP contribution in [0.25, 0.3) is 0 Å². The van der Waals surface area contributed by atoms with Crippen LogP contribution in [0.2, 0.25) is 0 Å². The highest BCUT2D eigenvalue weighted by molar-refractivity contribution is 5.55. The number of nitrogens with zero attached hydrogens (tertiary/aromatic N) is 1. The lowest BCUT2D eigenvalue weighted by Gasteiger charge is -2.04. The van der Waals surface area contributed by atoms with E-state index in [4.69, 9.17) is 0 Å². The van der Waals surface area contributed by atoms with Gasteiger partial charge in [0.05, 0.1) is 5.57 Å². The van der Waals surface area contributed by atoms with Crippen molar-refractivity contribution in [1.29, 1.82) is 0 Å². The van der Waals surface area contributed by atoms with Gasteiger partial charge in [0.2, 0.25) is 0 Å². The monoisotopic (exact) mass is 177 g/mol. The molecule has 0 heterocycles. The quantitative estimate of drug-likeness (QED) is 0.454. The summed E-state index contributed by atoms with van der Waals surface area (Å²) in [4.78, 5) is 3.65. The Labute approximate surface area is 69.3 Å². The molecule has 0 spiro atoms. The van der Waals surface area contributed by atoms with Crippen molar-refractivity contribution in [3.8, 4) is 0 Å². The van der Waals surface area contributed by atoms with Gasteiger partial charge in [0.25, 0.3) is 0 Å². The number of alkyl halides is 3. The highest BCUT2D eigenvalue weighted by atomic mass is 19.4. The first-order valence-electron chi connectivity index (χ1n) is 3.31. The molecular weight excluding hydrogens is 167 g/mol. The minimum atomic E-state index is -4.36. The Kier molecular flexibility index (Phi) is 3.73. The molecule has 0 aliphatic heterocycles. The highest BCUT2D eigenvalue weighted by Crippen LogP contribution is 2.25. The number of allylic oxidation sites excluding steroid dienone is 3. The molecule has 0 saturated carbocycles. The predicted octanol–water partition coefficient (Wildman–Crippen LogP) is 3.10. The van der Waals surface area contributed by atoms with Gasteiger partial charge < -0.3 is 0 Å². The van der Waals surface area contributed by atoms with Crippen LogP contribution in [0, 0.1) is 0 Å². The zero-order chi connectivity index (χ0) is 9.78. The molecule has 1 nitrogen and oxygen atoms in total. The Morgan fingerprint density at radius 2 is 1.92 bits per heavy atom. The maximum atomic E-state index is 11.9. The number of hydrogen-bond donors (Lipinski definition) is 0. The van der Waals surface area contributed by atoms with Crippen LogP contribution >= 0.6 is 0 Å². The van der Waals surface area contributed by atoms with Gasteiger partial charge in [0.1, 0.15) is 0 Å². The summed E-state index contributed by atoms with van der Waals surface area (Å²) in [6, 6.07) is 0. The average Bonchev–Trinajstić information content (AvgIpc) is 1.85. The third-order valence-electron chi connectivity index (χ3n) is 1.08. The van der Waals surface area contributed by atoms with E-state index in [9.17, 15) is 13.2 Å². The van der Waals surface area contributed by atoms with Crippen LogP contribution in [0.4, 0.5) is 13.2 Å². The Bertz CT molecular complexity index is 223. The summed E-state index contributed by atoms with van der Waals surface area (Å²) in [7, 11) is 0. The van der Waals surface area contributed by atoms with E-state index in [2.05, 4.69) is 11.6 Å². The molecule has 0 N–H and O–H groups in total. The Morgan fingerprint density at radius 3 is 2.25 bits per heavy atom. The van der Waals surface area contributed by atoms with Gasteiger partial charge in [-0.15, -0.1) is 0 Å². The van der Waals surface area contributed by atoms with Crippen molar-refractivity contribution in [1.82, 2.24) is 0 Å². The van der Waals surface area contributed by atoms with Crippen LogP contribution in [0.1, 0.15) is 13.8 Å². The lowest BCUT2D eigenvalue weighted by atomic mass is 10.2. The molecule has 0 radical (unpaired) electrons. The van der Waals surface area contributed by atoms with Crippen molar-refractivity contribution in [3.05, 3.63) is 23.9 Å². The fourth-order valence-corrected chi connectivity index (χ4v) is 0.575. The predicted molar refractivity (Wildman–Crippen MR) is 43.1 cm³/mol. The molecule has 0 bridgehead atoms. The largest absolute Gasteiger partial charge is 0.415 e. The minimum absolute atomic E-state index is 0.292. The van der Waals surface area contributed by atoms with Crippen molar-refractivity contribution in [2.24, 2.45) is 4.99 Å². The number of halogens is 3. The minimum Gasteiger partial charge on any atom is -0.266 e. The third kappa shape index (κ3) is 3.95. The van der Waals surface area contributed by atoms with Crippen LogP contribution in [0.15, 0.2) is 28.9 Å². The van der Waals surface area contributed by atoms with Crippen LogP contribution in [0.5, 0.6) is 0 Å². The Balaban J connectivity index is 4.45. The first kappa shape index (κ1) is 10.9. The van der Waals surface area contributed by atoms with E-state index in [1.165, 1.54) is 13.1 Å². The van der Waals surface area contributed by atoms with E-state index >= 15 is 0 Å². The molecule has 0 atom stereocenters. The van der Waals surface area contributed by atoms with Gasteiger partial charge in [0, 0.05) is 11.9 Å². The van der Waals surface area contributed by atoms with Crippen LogP contribution in [-0.4, -0.2) is 12.4 Å². The van der Waals surface area contributed by atoms with Crippen molar-refractivity contribution in [2.75, 3.05) is 0 Å². The fourth-order valence-electron chi connectivity index (χ4n) is 0.575. The lowest BCUT2D eigenvalue weighted by molar-refractivity contribution is -0.0878. The summed E-state index contributed by atoms with van der Waals surface area (Å²) in [5.74, 6) is 0. The standard InChI is InChI=1S/C8H10F3N/c1-4-12-7(3)5-6(2)8(9,10)11/h4-5H,2H2,1,3H3/b7-5+,12-4-. The van der Waals surface area contributed by atoms with Crippen LogP contribution in [-0.2, 0) is 0 Å². The van der Waals surface area contributed by atoms with Crippen molar-refractivity contribution < 1.29 is 13.2 Å². The normalized spacial score (nSPS) is 13.9. The molecule has 0 rings (SSSR count). The molecule has 0 aromatic carbocycles. The van der Waals surface area contributed by atoms with Gasteiger partial charge in [0.15, 0.2) is 0 Å². The SMILES string of the molecule is C=C(/C=C(C)/N=C\C)C(F)(F)F. The van der Waals surface area contributed by atoms with Crippen molar-refractivity contribution >= 4 is 6.21 Å². The number of hydrogen-bond acceptors (Lipinski definition) is 1. The molecule has 4 heteroatoms. The first-order chi connectivity index (χ1) is 5.38. The number of rotatable bonds is 2. The average molecular weight is 177 g/mol. The smallest absolute Gasteiger partial charge is 0.266 e. The lowest BCUT2D eigenvalue weighted by Crippen LogP contribution is -2.08. The van der Waals surface area contributed by atoms with Gasteiger partial charge in [-0.1, -0.05) is 6.58 Å². The molecule has 0 aromatic heterocycles. The first-order valence-corrected chi connectivity index (χ1v) is 3.31. The highest BCUT2D eigenvalue weighted by Gasteiger charge is 2.30. The number of aliphatic imine (C=N–C) groups is 1. The van der Waals surface area contributed by atoms with E-state index < -0.39 is 11.7 Å². The summed E-state index contributed by atoms with van der Waals surface area (Å²) in [5, 5.41) is 0. The summed E-state index contributed by atoms with van der Waals surface area (Å²) < 4.78 is 35.6. The van der Waals surface area contributed by atoms with Crippen LogP contribution < -0.4 is 0 Å². The van der Waals surface area contributed by atoms with Crippen LogP contribution in [0.3, 0.4) is 0 Å². The van der Waals surface area contributed by atoms with E-state index in [1.807, 2.05) is 0 Å². The van der Waals surface area contributed by atoms with E-state index in [-0.39, 0.29) is 0 Å². The summed E-state index contributed by atoms with van der Waals surface area (Å²) in [6.07, 6.45) is -2.03. The van der Waals surface area contributed by atoms with Crippen molar-refractivity contribution in [3.63, 3.8) is 0 Å². The molecule has 12 heavy (non-hydrogen) atoms. The molecule has 0 aliphatic rings. The molecule has 0 fully saturated rings. The molecule has 0 saturated heterocycles. The zero-order valence-electron chi connectivity index (χ0n) is 6.94. The van der Waals surface area contributed by atoms with Gasteiger partial charge >= 0.3 is 6.18 Å². The van der Waals surface area contributed by atoms with Gasteiger partial charge in [-0.05, 0) is 19.9 Å². The maximum absolute atomic E-state index is 11.9. The second-order valence-corrected chi connectivity index (χ2v) is 2.20. The molecule has 0 amide bonds. The molecule has 0 unspecified atom stereocenters. The summed E-state index contributed by atoms with van der Waals surface area (Å²) in [5.41, 5.74) is -0.592. The molecule has 68 valence electrons. The van der Waals surface area contributed by atoms with Gasteiger partial charge in [-0.25, -0.2) is 0 Å². The van der Waals surface area contributed by atoms with E-state index in [1.54, 1.807) is 6.92 Å². The van der Waals surface area contributed by atoms with E-state index in [0.717, 1.165) is 6.08 Å². The molecule has 0 aliphatic carbocycles. The van der Waals surface area contributed by atoms with Gasteiger partial charge in [-0.3, -0.25) is 4.99 Å². The zero-order valence-corrected chi connectivity index (χ0v) is 6.94. The maximum Gasteiger partial charge on any atom is 0.415 e. The van der Waals surface area contributed by atoms with E-state index in [0.29, 0.717) is 5.70 Å². The second-order valence-electron chi connectivity index (χ2n) is 2.20. The topological polar surface area (TPSA) is 12.4 Å². The summed E-state index contributed by atoms with van der Waals surface area (Å²) in [6.45, 7) is 5.99. The summed E-state index contributed by atoms with van der Waals surface area (Å²) >= 11 is 0. The second kappa shape index (κ2) is 4.09. The third-order valence-corrected chi connectivity index (χ3v) is 1.08. The fraction of sp³-hybridized carbons (Fsp3) is 0.375. The Morgan fingerprint density at radius 1 is 1.42 bits per heavy atom. The van der Waals surface area contributed by atoms with Crippen molar-refractivity contribution in [2.45, 2.75) is 20.0 Å². The molecular formula is C8H10F3N. The Hall–Kier alpha value is -1.06. The molecule has 0 aromatic rings. The van der Waals surface area contributed by atoms with Gasteiger partial charge in [-0.2, -0.15) is 13.2 Å².